The predicted molar refractivity (Wildman–Crippen MR) is 87.0 cm³/mol. The molecule has 0 bridgehead atoms. The average molecular weight is 305 g/mol. The Kier molecular flexibility index (Phi) is 5.59. The maximum absolute atomic E-state index is 6.18. The molecule has 0 atom stereocenters. The van der Waals surface area contributed by atoms with Crippen molar-refractivity contribution in [3.8, 4) is 11.6 Å². The van der Waals surface area contributed by atoms with Crippen LogP contribution in [0.1, 0.15) is 25.0 Å². The summed E-state index contributed by atoms with van der Waals surface area (Å²) in [4.78, 5) is 4.23. The number of nitrogens with zero attached hydrogens (tertiary/aromatic N) is 1. The van der Waals surface area contributed by atoms with Crippen molar-refractivity contribution in [2.24, 2.45) is 5.92 Å². The molecule has 0 aliphatic heterocycles. The van der Waals surface area contributed by atoms with Gasteiger partial charge in [-0.15, -0.1) is 0 Å². The lowest BCUT2D eigenvalue weighted by Crippen LogP contribution is -2.19. The summed E-state index contributed by atoms with van der Waals surface area (Å²) in [5.74, 6) is 1.95. The first-order valence-electron chi connectivity index (χ1n) is 7.14. The summed E-state index contributed by atoms with van der Waals surface area (Å²) >= 11 is 6.18. The fraction of sp³-hybridized carbons (Fsp3) is 0.353. The Bertz CT molecular complexity index is 599. The van der Waals surface area contributed by atoms with Gasteiger partial charge in [0.15, 0.2) is 0 Å². The van der Waals surface area contributed by atoms with E-state index in [1.54, 1.807) is 6.20 Å². The fourth-order valence-corrected chi connectivity index (χ4v) is 2.12. The van der Waals surface area contributed by atoms with Crippen molar-refractivity contribution in [2.45, 2.75) is 27.3 Å². The summed E-state index contributed by atoms with van der Waals surface area (Å²) in [5.41, 5.74) is 2.15. The molecule has 0 amide bonds. The molecule has 1 N–H and O–H groups in total. The molecule has 2 rings (SSSR count). The fourth-order valence-electron chi connectivity index (χ4n) is 1.94. The van der Waals surface area contributed by atoms with Gasteiger partial charge in [-0.05, 0) is 42.6 Å². The molecule has 112 valence electrons. The number of halogens is 1. The molecule has 21 heavy (non-hydrogen) atoms. The highest BCUT2D eigenvalue weighted by atomic mass is 35.5. The average Bonchev–Trinajstić information content (AvgIpc) is 2.42. The molecule has 1 aromatic heterocycles. The van der Waals surface area contributed by atoms with Crippen LogP contribution in [0.5, 0.6) is 11.6 Å². The van der Waals surface area contributed by atoms with Crippen LogP contribution in [0.2, 0.25) is 5.02 Å². The minimum atomic E-state index is 0.561. The van der Waals surface area contributed by atoms with E-state index in [1.165, 1.54) is 0 Å². The standard InChI is InChI=1S/C17H21ClN2O/c1-12(2)9-19-10-14-8-17(20-11-16(14)18)21-15-6-4-5-13(3)7-15/h4-8,11-12,19H,9-10H2,1-3H3. The summed E-state index contributed by atoms with van der Waals surface area (Å²) in [6, 6.07) is 9.78. The SMILES string of the molecule is Cc1cccc(Oc2cc(CNCC(C)C)c(Cl)cn2)c1. The molecule has 2 aromatic rings. The van der Waals surface area contributed by atoms with Crippen molar-refractivity contribution in [1.29, 1.82) is 0 Å². The topological polar surface area (TPSA) is 34.1 Å². The van der Waals surface area contributed by atoms with Gasteiger partial charge in [0, 0.05) is 18.8 Å². The molecule has 0 aliphatic rings. The van der Waals surface area contributed by atoms with E-state index in [0.29, 0.717) is 23.4 Å². The van der Waals surface area contributed by atoms with E-state index in [2.05, 4.69) is 24.1 Å². The molecule has 0 saturated carbocycles. The third-order valence-corrected chi connectivity index (χ3v) is 3.33. The van der Waals surface area contributed by atoms with Crippen molar-refractivity contribution >= 4 is 11.6 Å². The molecule has 0 aliphatic carbocycles. The second-order valence-corrected chi connectivity index (χ2v) is 5.96. The molecule has 0 radical (unpaired) electrons. The van der Waals surface area contributed by atoms with Crippen molar-refractivity contribution in [2.75, 3.05) is 6.54 Å². The number of pyridine rings is 1. The molecule has 1 heterocycles. The minimum absolute atomic E-state index is 0.561. The van der Waals surface area contributed by atoms with Crippen molar-refractivity contribution in [3.05, 3.63) is 52.7 Å². The zero-order chi connectivity index (χ0) is 15.2. The molecular formula is C17H21ClN2O. The maximum Gasteiger partial charge on any atom is 0.219 e. The summed E-state index contributed by atoms with van der Waals surface area (Å²) in [5, 5.41) is 4.03. The normalized spacial score (nSPS) is 10.9. The zero-order valence-electron chi connectivity index (χ0n) is 12.7. The maximum atomic E-state index is 6.18. The summed E-state index contributed by atoms with van der Waals surface area (Å²) < 4.78 is 5.78. The minimum Gasteiger partial charge on any atom is -0.439 e. The monoisotopic (exact) mass is 304 g/mol. The van der Waals surface area contributed by atoms with Crippen molar-refractivity contribution < 1.29 is 4.74 Å². The van der Waals surface area contributed by atoms with Crippen LogP contribution >= 0.6 is 11.6 Å². The second-order valence-electron chi connectivity index (χ2n) is 5.56. The summed E-state index contributed by atoms with van der Waals surface area (Å²) in [7, 11) is 0. The Balaban J connectivity index is 2.07. The third kappa shape index (κ3) is 5.03. The lowest BCUT2D eigenvalue weighted by molar-refractivity contribution is 0.461. The van der Waals surface area contributed by atoms with Gasteiger partial charge in [-0.3, -0.25) is 0 Å². The Morgan fingerprint density at radius 3 is 2.81 bits per heavy atom. The third-order valence-electron chi connectivity index (χ3n) is 2.99. The van der Waals surface area contributed by atoms with Gasteiger partial charge in [-0.2, -0.15) is 0 Å². The van der Waals surface area contributed by atoms with E-state index >= 15 is 0 Å². The molecule has 1 aromatic carbocycles. The van der Waals surface area contributed by atoms with Gasteiger partial charge in [0.25, 0.3) is 0 Å². The zero-order valence-corrected chi connectivity index (χ0v) is 13.4. The number of nitrogens with one attached hydrogen (secondary N) is 1. The Labute approximate surface area is 131 Å². The van der Waals surface area contributed by atoms with Gasteiger partial charge >= 0.3 is 0 Å². The predicted octanol–water partition coefficient (Wildman–Crippen LogP) is 4.58. The van der Waals surface area contributed by atoms with Gasteiger partial charge in [0.1, 0.15) is 5.75 Å². The van der Waals surface area contributed by atoms with Gasteiger partial charge in [-0.1, -0.05) is 37.6 Å². The van der Waals surface area contributed by atoms with Crippen LogP contribution in [0.25, 0.3) is 0 Å². The molecule has 4 heteroatoms. The van der Waals surface area contributed by atoms with Crippen molar-refractivity contribution in [1.82, 2.24) is 10.3 Å². The quantitative estimate of drug-likeness (QED) is 0.848. The van der Waals surface area contributed by atoms with E-state index in [-0.39, 0.29) is 0 Å². The van der Waals surface area contributed by atoms with Crippen LogP contribution in [0.4, 0.5) is 0 Å². The highest BCUT2D eigenvalue weighted by molar-refractivity contribution is 6.31. The first-order chi connectivity index (χ1) is 10.0. The van der Waals surface area contributed by atoms with Crippen LogP contribution in [0, 0.1) is 12.8 Å². The number of aryl methyl sites for hydroxylation is 1. The molecule has 3 nitrogen and oxygen atoms in total. The highest BCUT2D eigenvalue weighted by Crippen LogP contribution is 2.24. The molecule has 0 saturated heterocycles. The summed E-state index contributed by atoms with van der Waals surface area (Å²) in [6.45, 7) is 8.04. The number of rotatable bonds is 6. The Hall–Kier alpha value is -1.58. The number of aromatic nitrogens is 1. The van der Waals surface area contributed by atoms with Crippen LogP contribution in [-0.2, 0) is 6.54 Å². The number of hydrogen-bond donors (Lipinski definition) is 1. The lowest BCUT2D eigenvalue weighted by Gasteiger charge is -2.11. The van der Waals surface area contributed by atoms with E-state index in [9.17, 15) is 0 Å². The second kappa shape index (κ2) is 7.43. The smallest absolute Gasteiger partial charge is 0.219 e. The van der Waals surface area contributed by atoms with E-state index in [0.717, 1.165) is 23.4 Å². The summed E-state index contributed by atoms with van der Waals surface area (Å²) in [6.07, 6.45) is 1.64. The molecule has 0 unspecified atom stereocenters. The molecule has 0 spiro atoms. The van der Waals surface area contributed by atoms with Crippen LogP contribution in [-0.4, -0.2) is 11.5 Å². The molecular weight excluding hydrogens is 284 g/mol. The van der Waals surface area contributed by atoms with Crippen LogP contribution < -0.4 is 10.1 Å². The largest absolute Gasteiger partial charge is 0.439 e. The number of hydrogen-bond acceptors (Lipinski definition) is 3. The van der Waals surface area contributed by atoms with Gasteiger partial charge < -0.3 is 10.1 Å². The van der Waals surface area contributed by atoms with Gasteiger partial charge in [-0.25, -0.2) is 4.98 Å². The Morgan fingerprint density at radius 1 is 1.29 bits per heavy atom. The highest BCUT2D eigenvalue weighted by Gasteiger charge is 2.06. The number of benzene rings is 1. The molecule has 0 fully saturated rings. The lowest BCUT2D eigenvalue weighted by atomic mass is 10.2. The van der Waals surface area contributed by atoms with Gasteiger partial charge in [0.2, 0.25) is 5.88 Å². The van der Waals surface area contributed by atoms with Crippen LogP contribution in [0.15, 0.2) is 36.5 Å². The first-order valence-corrected chi connectivity index (χ1v) is 7.52. The van der Waals surface area contributed by atoms with Gasteiger partial charge in [0.05, 0.1) is 5.02 Å². The first kappa shape index (κ1) is 15.8. The van der Waals surface area contributed by atoms with E-state index in [1.807, 2.05) is 37.3 Å². The van der Waals surface area contributed by atoms with E-state index < -0.39 is 0 Å². The van der Waals surface area contributed by atoms with Crippen molar-refractivity contribution in [3.63, 3.8) is 0 Å². The van der Waals surface area contributed by atoms with E-state index in [4.69, 9.17) is 16.3 Å². The van der Waals surface area contributed by atoms with Crippen LogP contribution in [0.3, 0.4) is 0 Å². The number of ether oxygens (including phenoxy) is 1. The Morgan fingerprint density at radius 2 is 2.10 bits per heavy atom.